The fraction of sp³-hybridized carbons (Fsp3) is 0.286. The fourth-order valence-corrected chi connectivity index (χ4v) is 3.48. The van der Waals surface area contributed by atoms with Crippen LogP contribution >= 0.6 is 15.9 Å². The minimum Gasteiger partial charge on any atom is -0.497 e. The zero-order valence-electron chi connectivity index (χ0n) is 15.9. The first-order valence-corrected chi connectivity index (χ1v) is 9.86. The van der Waals surface area contributed by atoms with Gasteiger partial charge in [0.15, 0.2) is 0 Å². The summed E-state index contributed by atoms with van der Waals surface area (Å²) in [4.78, 5) is 16.5. The normalized spacial score (nSPS) is 14.5. The van der Waals surface area contributed by atoms with Crippen molar-refractivity contribution in [3.05, 3.63) is 58.6 Å². The van der Waals surface area contributed by atoms with Gasteiger partial charge in [-0.05, 0) is 48.5 Å². The number of ether oxygens (including phenoxy) is 2. The number of anilines is 1. The third-order valence-corrected chi connectivity index (χ3v) is 5.12. The molecule has 0 radical (unpaired) electrons. The predicted octanol–water partition coefficient (Wildman–Crippen LogP) is 4.42. The van der Waals surface area contributed by atoms with Crippen molar-refractivity contribution in [1.29, 1.82) is 0 Å². The monoisotopic (exact) mass is 466 g/mol. The number of hydrogen-bond acceptors (Lipinski definition) is 4. The maximum Gasteiger partial charge on any atom is 0.387 e. The van der Waals surface area contributed by atoms with Gasteiger partial charge in [-0.15, -0.1) is 0 Å². The minimum atomic E-state index is -2.93. The summed E-state index contributed by atoms with van der Waals surface area (Å²) in [7, 11) is 1.63. The highest BCUT2D eigenvalue weighted by atomic mass is 79.9. The van der Waals surface area contributed by atoms with Gasteiger partial charge in [-0.25, -0.2) is 0 Å². The molecule has 1 heterocycles. The summed E-state index contributed by atoms with van der Waals surface area (Å²) in [5.74, 6) is 0.661. The average molecular weight is 467 g/mol. The Kier molecular flexibility index (Phi) is 7.09. The molecule has 0 atom stereocenters. The highest BCUT2D eigenvalue weighted by molar-refractivity contribution is 9.10. The van der Waals surface area contributed by atoms with Crippen LogP contribution in [0.1, 0.15) is 5.56 Å². The van der Waals surface area contributed by atoms with Crippen molar-refractivity contribution in [2.24, 2.45) is 0 Å². The van der Waals surface area contributed by atoms with E-state index in [9.17, 15) is 13.6 Å². The largest absolute Gasteiger partial charge is 0.497 e. The number of amides is 1. The fourth-order valence-electron chi connectivity index (χ4n) is 3.10. The first-order chi connectivity index (χ1) is 14.0. The van der Waals surface area contributed by atoms with E-state index in [1.165, 1.54) is 18.2 Å². The lowest BCUT2D eigenvalue weighted by Crippen LogP contribution is -2.48. The molecule has 8 heteroatoms. The molecule has 29 heavy (non-hydrogen) atoms. The number of piperazine rings is 1. The SMILES string of the molecule is COc1ccc(N2CCN(C(=O)/C=C/c3cc(Br)ccc3OC(F)F)CC2)cc1. The molecule has 2 aromatic rings. The van der Waals surface area contributed by atoms with E-state index < -0.39 is 6.61 Å². The molecule has 0 unspecified atom stereocenters. The van der Waals surface area contributed by atoms with E-state index in [0.717, 1.165) is 11.4 Å². The molecule has 1 fully saturated rings. The number of benzene rings is 2. The van der Waals surface area contributed by atoms with Gasteiger partial charge < -0.3 is 19.3 Å². The summed E-state index contributed by atoms with van der Waals surface area (Å²) in [5, 5.41) is 0. The Balaban J connectivity index is 1.60. The van der Waals surface area contributed by atoms with Crippen LogP contribution in [-0.2, 0) is 4.79 Å². The molecule has 5 nitrogen and oxygen atoms in total. The molecule has 154 valence electrons. The second-order valence-electron chi connectivity index (χ2n) is 6.40. The maximum absolute atomic E-state index is 12.6. The first-order valence-electron chi connectivity index (χ1n) is 9.06. The molecule has 2 aromatic carbocycles. The van der Waals surface area contributed by atoms with Gasteiger partial charge in [-0.2, -0.15) is 8.78 Å². The lowest BCUT2D eigenvalue weighted by Gasteiger charge is -2.35. The van der Waals surface area contributed by atoms with Gasteiger partial charge in [-0.1, -0.05) is 15.9 Å². The molecule has 0 N–H and O–H groups in total. The summed E-state index contributed by atoms with van der Waals surface area (Å²) in [6, 6.07) is 12.5. The number of carbonyl (C=O) groups is 1. The van der Waals surface area contributed by atoms with Crippen LogP contribution in [0.4, 0.5) is 14.5 Å². The number of halogens is 3. The van der Waals surface area contributed by atoms with Crippen LogP contribution in [0.15, 0.2) is 53.0 Å². The Morgan fingerprint density at radius 2 is 1.79 bits per heavy atom. The number of carbonyl (C=O) groups excluding carboxylic acids is 1. The Morgan fingerprint density at radius 3 is 2.41 bits per heavy atom. The molecule has 0 spiro atoms. The van der Waals surface area contributed by atoms with Crippen LogP contribution < -0.4 is 14.4 Å². The minimum absolute atomic E-state index is 0.0246. The molecule has 0 aliphatic carbocycles. The number of rotatable bonds is 6. The lowest BCUT2D eigenvalue weighted by atomic mass is 10.2. The van der Waals surface area contributed by atoms with E-state index in [1.807, 2.05) is 24.3 Å². The van der Waals surface area contributed by atoms with Crippen molar-refractivity contribution >= 4 is 33.6 Å². The highest BCUT2D eigenvalue weighted by Gasteiger charge is 2.20. The van der Waals surface area contributed by atoms with Gasteiger partial charge in [0.1, 0.15) is 11.5 Å². The van der Waals surface area contributed by atoms with E-state index in [-0.39, 0.29) is 11.7 Å². The number of methoxy groups -OCH3 is 1. The number of nitrogens with zero attached hydrogens (tertiary/aromatic N) is 2. The predicted molar refractivity (Wildman–Crippen MR) is 112 cm³/mol. The quantitative estimate of drug-likeness (QED) is 0.590. The third-order valence-electron chi connectivity index (χ3n) is 4.62. The van der Waals surface area contributed by atoms with Crippen molar-refractivity contribution < 1.29 is 23.0 Å². The lowest BCUT2D eigenvalue weighted by molar-refractivity contribution is -0.126. The van der Waals surface area contributed by atoms with Gasteiger partial charge in [0.05, 0.1) is 7.11 Å². The van der Waals surface area contributed by atoms with E-state index >= 15 is 0 Å². The molecular formula is C21H21BrF2N2O3. The van der Waals surface area contributed by atoms with Gasteiger partial charge >= 0.3 is 6.61 Å². The van der Waals surface area contributed by atoms with Crippen molar-refractivity contribution in [1.82, 2.24) is 4.90 Å². The summed E-state index contributed by atoms with van der Waals surface area (Å²) in [6.45, 7) is -0.349. The van der Waals surface area contributed by atoms with E-state index in [2.05, 4.69) is 25.6 Å². The molecule has 0 saturated carbocycles. The van der Waals surface area contributed by atoms with Crippen LogP contribution in [0, 0.1) is 0 Å². The Hall–Kier alpha value is -2.61. The van der Waals surface area contributed by atoms with Gasteiger partial charge in [0.25, 0.3) is 0 Å². The second kappa shape index (κ2) is 9.73. The molecule has 1 aliphatic rings. The second-order valence-corrected chi connectivity index (χ2v) is 7.32. The molecular weight excluding hydrogens is 446 g/mol. The van der Waals surface area contributed by atoms with Crippen LogP contribution in [0.5, 0.6) is 11.5 Å². The van der Waals surface area contributed by atoms with E-state index in [4.69, 9.17) is 4.74 Å². The zero-order valence-corrected chi connectivity index (χ0v) is 17.4. The zero-order chi connectivity index (χ0) is 20.8. The molecule has 1 saturated heterocycles. The number of hydrogen-bond donors (Lipinski definition) is 0. The number of alkyl halides is 2. The smallest absolute Gasteiger partial charge is 0.387 e. The van der Waals surface area contributed by atoms with Crippen molar-refractivity contribution in [2.45, 2.75) is 6.61 Å². The molecule has 1 amide bonds. The standard InChI is InChI=1S/C21H21BrF2N2O3/c1-28-18-6-4-17(5-7-18)25-10-12-26(13-11-25)20(27)9-2-15-14-16(22)3-8-19(15)29-21(23)24/h2-9,14,21H,10-13H2,1H3/b9-2+. The van der Waals surface area contributed by atoms with Crippen molar-refractivity contribution in [3.8, 4) is 11.5 Å². The Labute approximate surface area is 176 Å². The Morgan fingerprint density at radius 1 is 1.10 bits per heavy atom. The summed E-state index contributed by atoms with van der Waals surface area (Å²) in [6.07, 6.45) is 2.89. The average Bonchev–Trinajstić information content (AvgIpc) is 2.73. The third kappa shape index (κ3) is 5.69. The molecule has 1 aliphatic heterocycles. The van der Waals surface area contributed by atoms with Crippen LogP contribution in [0.2, 0.25) is 0 Å². The van der Waals surface area contributed by atoms with Gasteiger partial charge in [-0.3, -0.25) is 4.79 Å². The van der Waals surface area contributed by atoms with Gasteiger partial charge in [0, 0.05) is 48.0 Å². The Bertz CT molecular complexity index is 867. The van der Waals surface area contributed by atoms with Crippen LogP contribution in [0.25, 0.3) is 6.08 Å². The highest BCUT2D eigenvalue weighted by Crippen LogP contribution is 2.26. The van der Waals surface area contributed by atoms with E-state index in [0.29, 0.717) is 36.2 Å². The van der Waals surface area contributed by atoms with Gasteiger partial charge in [0.2, 0.25) is 5.91 Å². The molecule has 0 aromatic heterocycles. The van der Waals surface area contributed by atoms with Crippen LogP contribution in [0.3, 0.4) is 0 Å². The topological polar surface area (TPSA) is 42.0 Å². The van der Waals surface area contributed by atoms with E-state index in [1.54, 1.807) is 24.1 Å². The summed E-state index contributed by atoms with van der Waals surface area (Å²) >= 11 is 3.30. The molecule has 0 bridgehead atoms. The van der Waals surface area contributed by atoms with Crippen LogP contribution in [-0.4, -0.2) is 50.7 Å². The first kappa shape index (κ1) is 21.1. The van der Waals surface area contributed by atoms with Crippen molar-refractivity contribution in [2.75, 3.05) is 38.2 Å². The maximum atomic E-state index is 12.6. The summed E-state index contributed by atoms with van der Waals surface area (Å²) < 4.78 is 35.5. The molecule has 3 rings (SSSR count). The summed E-state index contributed by atoms with van der Waals surface area (Å²) in [5.41, 5.74) is 1.49. The van der Waals surface area contributed by atoms with Crippen molar-refractivity contribution in [3.63, 3.8) is 0 Å².